The van der Waals surface area contributed by atoms with Gasteiger partial charge in [0.1, 0.15) is 5.54 Å². The summed E-state index contributed by atoms with van der Waals surface area (Å²) in [5, 5.41) is 3.21. The van der Waals surface area contributed by atoms with E-state index in [0.717, 1.165) is 11.0 Å². The number of quaternary nitrogens is 1. The predicted molar refractivity (Wildman–Crippen MR) is 94.6 cm³/mol. The topological polar surface area (TPSA) is 46.4 Å². The summed E-state index contributed by atoms with van der Waals surface area (Å²) in [6.45, 7) is 3.34. The molecule has 0 unspecified atom stereocenters. The summed E-state index contributed by atoms with van der Waals surface area (Å²) in [6, 6.07) is 1.84. The highest BCUT2D eigenvalue weighted by molar-refractivity contribution is 9.10. The first-order valence-corrected chi connectivity index (χ1v) is 9.73. The Balaban J connectivity index is 1.67. The Kier molecular flexibility index (Phi) is 5.70. The molecule has 0 aromatic carbocycles. The van der Waals surface area contributed by atoms with Crippen molar-refractivity contribution in [3.63, 3.8) is 0 Å². The first kappa shape index (κ1) is 16.9. The monoisotopic (exact) mass is 380 g/mol. The molecule has 23 heavy (non-hydrogen) atoms. The molecule has 0 bridgehead atoms. The van der Waals surface area contributed by atoms with E-state index in [0.29, 0.717) is 5.56 Å². The van der Waals surface area contributed by atoms with Crippen LogP contribution >= 0.6 is 15.9 Å². The number of rotatable bonds is 4. The number of amides is 1. The molecule has 1 saturated carbocycles. The van der Waals surface area contributed by atoms with Crippen molar-refractivity contribution in [1.82, 2.24) is 10.3 Å². The molecule has 0 radical (unpaired) electrons. The Bertz CT molecular complexity index is 537. The van der Waals surface area contributed by atoms with Crippen molar-refractivity contribution >= 4 is 21.8 Å². The van der Waals surface area contributed by atoms with Crippen LogP contribution in [0.5, 0.6) is 0 Å². The van der Waals surface area contributed by atoms with Crippen molar-refractivity contribution in [3.8, 4) is 0 Å². The normalized spacial score (nSPS) is 21.8. The SMILES string of the molecule is O=C(NCC1([NH+]2CCCCC2)CCCCC1)c1cncc(Br)c1. The van der Waals surface area contributed by atoms with Crippen LogP contribution in [0.15, 0.2) is 22.9 Å². The van der Waals surface area contributed by atoms with Gasteiger partial charge in [-0.25, -0.2) is 0 Å². The summed E-state index contributed by atoms with van der Waals surface area (Å²) in [6.07, 6.45) is 13.8. The molecule has 1 aliphatic carbocycles. The van der Waals surface area contributed by atoms with Gasteiger partial charge < -0.3 is 10.2 Å². The van der Waals surface area contributed by atoms with Gasteiger partial charge in [0, 0.05) is 29.7 Å². The number of halogens is 1. The van der Waals surface area contributed by atoms with E-state index in [9.17, 15) is 4.79 Å². The Morgan fingerprint density at radius 1 is 1.13 bits per heavy atom. The van der Waals surface area contributed by atoms with Gasteiger partial charge in [0.05, 0.1) is 25.2 Å². The van der Waals surface area contributed by atoms with Gasteiger partial charge in [-0.1, -0.05) is 6.42 Å². The van der Waals surface area contributed by atoms with Gasteiger partial charge >= 0.3 is 0 Å². The number of hydrogen-bond donors (Lipinski definition) is 2. The smallest absolute Gasteiger partial charge is 0.253 e. The minimum Gasteiger partial charge on any atom is -0.346 e. The van der Waals surface area contributed by atoms with E-state index in [2.05, 4.69) is 26.2 Å². The molecule has 1 aromatic heterocycles. The van der Waals surface area contributed by atoms with Gasteiger partial charge in [-0.05, 0) is 54.1 Å². The van der Waals surface area contributed by atoms with Crippen molar-refractivity contribution in [3.05, 3.63) is 28.5 Å². The number of hydrogen-bond acceptors (Lipinski definition) is 2. The lowest BCUT2D eigenvalue weighted by Crippen LogP contribution is -3.22. The highest BCUT2D eigenvalue weighted by atomic mass is 79.9. The quantitative estimate of drug-likeness (QED) is 0.841. The fourth-order valence-electron chi connectivity index (χ4n) is 4.28. The molecule has 126 valence electrons. The molecule has 1 aromatic rings. The molecule has 1 aliphatic heterocycles. The highest BCUT2D eigenvalue weighted by Gasteiger charge is 2.42. The predicted octanol–water partition coefficient (Wildman–Crippen LogP) is 2.35. The van der Waals surface area contributed by atoms with Gasteiger partial charge in [0.25, 0.3) is 5.91 Å². The number of nitrogens with zero attached hydrogens (tertiary/aromatic N) is 1. The summed E-state index contributed by atoms with van der Waals surface area (Å²) in [4.78, 5) is 18.3. The molecule has 2 aliphatic rings. The number of piperidine rings is 1. The van der Waals surface area contributed by atoms with Crippen molar-refractivity contribution in [2.75, 3.05) is 19.6 Å². The lowest BCUT2D eigenvalue weighted by Gasteiger charge is -2.45. The van der Waals surface area contributed by atoms with Crippen molar-refractivity contribution in [2.45, 2.75) is 56.9 Å². The number of likely N-dealkylation sites (tertiary alicyclic amines) is 1. The third-order valence-electron chi connectivity index (χ3n) is 5.57. The number of aromatic nitrogens is 1. The van der Waals surface area contributed by atoms with Gasteiger partial charge in [0.2, 0.25) is 0 Å². The Labute approximate surface area is 147 Å². The van der Waals surface area contributed by atoms with Crippen LogP contribution < -0.4 is 10.2 Å². The average molecular weight is 381 g/mol. The Hall–Kier alpha value is -0.940. The first-order valence-electron chi connectivity index (χ1n) is 8.94. The van der Waals surface area contributed by atoms with Crippen LogP contribution in [0.25, 0.3) is 0 Å². The van der Waals surface area contributed by atoms with Crippen LogP contribution in [-0.4, -0.2) is 36.1 Å². The first-order chi connectivity index (χ1) is 11.2. The maximum atomic E-state index is 12.5. The van der Waals surface area contributed by atoms with E-state index in [-0.39, 0.29) is 11.4 Å². The lowest BCUT2D eigenvalue weighted by atomic mass is 9.79. The molecular weight excluding hydrogens is 354 g/mol. The number of pyridine rings is 1. The molecule has 3 rings (SSSR count). The van der Waals surface area contributed by atoms with Crippen LogP contribution in [0.2, 0.25) is 0 Å². The molecule has 4 nitrogen and oxygen atoms in total. The van der Waals surface area contributed by atoms with Crippen LogP contribution in [-0.2, 0) is 0 Å². The Morgan fingerprint density at radius 2 is 1.83 bits per heavy atom. The minimum atomic E-state index is 0.000146. The van der Waals surface area contributed by atoms with Crippen molar-refractivity contribution in [2.24, 2.45) is 0 Å². The summed E-state index contributed by atoms with van der Waals surface area (Å²) in [5.41, 5.74) is 0.896. The molecule has 5 heteroatoms. The maximum absolute atomic E-state index is 12.5. The van der Waals surface area contributed by atoms with E-state index < -0.39 is 0 Å². The minimum absolute atomic E-state index is 0.000146. The van der Waals surface area contributed by atoms with Gasteiger partial charge in [0.15, 0.2) is 0 Å². The third kappa shape index (κ3) is 4.13. The molecular formula is C18H27BrN3O+. The zero-order valence-corrected chi connectivity index (χ0v) is 15.3. The summed E-state index contributed by atoms with van der Waals surface area (Å²) in [5.74, 6) is 0.000146. The number of carbonyl (C=O) groups is 1. The largest absolute Gasteiger partial charge is 0.346 e. The summed E-state index contributed by atoms with van der Waals surface area (Å²) in [7, 11) is 0. The maximum Gasteiger partial charge on any atom is 0.253 e. The lowest BCUT2D eigenvalue weighted by molar-refractivity contribution is -0.957. The number of carbonyl (C=O) groups excluding carboxylic acids is 1. The van der Waals surface area contributed by atoms with E-state index in [1.165, 1.54) is 64.5 Å². The van der Waals surface area contributed by atoms with Gasteiger partial charge in [-0.2, -0.15) is 0 Å². The molecule has 1 amide bonds. The zero-order valence-electron chi connectivity index (χ0n) is 13.7. The summed E-state index contributed by atoms with van der Waals surface area (Å²) < 4.78 is 0.846. The zero-order chi connectivity index (χ0) is 16.1. The van der Waals surface area contributed by atoms with Crippen LogP contribution in [0.1, 0.15) is 61.7 Å². The Morgan fingerprint density at radius 3 is 2.52 bits per heavy atom. The second kappa shape index (κ2) is 7.75. The number of nitrogens with one attached hydrogen (secondary N) is 2. The van der Waals surface area contributed by atoms with Crippen molar-refractivity contribution in [1.29, 1.82) is 0 Å². The van der Waals surface area contributed by atoms with Crippen LogP contribution in [0.4, 0.5) is 0 Å². The van der Waals surface area contributed by atoms with Gasteiger partial charge in [-0.15, -0.1) is 0 Å². The molecule has 1 saturated heterocycles. The fraction of sp³-hybridized carbons (Fsp3) is 0.667. The van der Waals surface area contributed by atoms with Crippen molar-refractivity contribution < 1.29 is 9.69 Å². The standard InChI is InChI=1S/C18H26BrN3O/c19-16-11-15(12-20-13-16)17(23)21-14-18(7-3-1-4-8-18)22-9-5-2-6-10-22/h11-13H,1-10,14H2,(H,21,23)/p+1. The molecule has 2 fully saturated rings. The van der Waals surface area contributed by atoms with E-state index in [4.69, 9.17) is 0 Å². The highest BCUT2D eigenvalue weighted by Crippen LogP contribution is 2.26. The van der Waals surface area contributed by atoms with Crippen LogP contribution in [0.3, 0.4) is 0 Å². The molecule has 2 heterocycles. The van der Waals surface area contributed by atoms with E-state index >= 15 is 0 Å². The van der Waals surface area contributed by atoms with Crippen LogP contribution in [0, 0.1) is 0 Å². The average Bonchev–Trinajstić information content (AvgIpc) is 2.61. The second-order valence-electron chi connectivity index (χ2n) is 7.08. The molecule has 0 spiro atoms. The molecule has 2 N–H and O–H groups in total. The fourth-order valence-corrected chi connectivity index (χ4v) is 4.65. The third-order valence-corrected chi connectivity index (χ3v) is 6.01. The molecule has 0 atom stereocenters. The second-order valence-corrected chi connectivity index (χ2v) is 8.00. The van der Waals surface area contributed by atoms with E-state index in [1.807, 2.05) is 6.07 Å². The summed E-state index contributed by atoms with van der Waals surface area (Å²) >= 11 is 3.38. The van der Waals surface area contributed by atoms with Gasteiger partial charge in [-0.3, -0.25) is 9.78 Å². The van der Waals surface area contributed by atoms with E-state index in [1.54, 1.807) is 17.3 Å².